The summed E-state index contributed by atoms with van der Waals surface area (Å²) in [5.74, 6) is 2.82. The van der Waals surface area contributed by atoms with Crippen LogP contribution in [0.2, 0.25) is 0 Å². The van der Waals surface area contributed by atoms with Crippen molar-refractivity contribution in [3.8, 4) is 5.75 Å². The number of benzene rings is 1. The molecule has 0 fully saturated rings. The number of aromatic nitrogens is 2. The fourth-order valence-electron chi connectivity index (χ4n) is 3.11. The summed E-state index contributed by atoms with van der Waals surface area (Å²) in [6.45, 7) is 2.92. The summed E-state index contributed by atoms with van der Waals surface area (Å²) in [6, 6.07) is 13.3. The fraction of sp³-hybridized carbons (Fsp3) is 0.263. The Morgan fingerprint density at radius 3 is 3.00 bits per heavy atom. The molecule has 1 aromatic carbocycles. The summed E-state index contributed by atoms with van der Waals surface area (Å²) in [7, 11) is 0. The summed E-state index contributed by atoms with van der Waals surface area (Å²) in [4.78, 5) is 12.8. The number of nitrogens with one attached hydrogen (secondary N) is 1. The average molecular weight is 337 g/mol. The highest BCUT2D eigenvalue weighted by atomic mass is 16.5. The second-order valence-corrected chi connectivity index (χ2v) is 6.10. The smallest absolute Gasteiger partial charge is 0.233 e. The lowest BCUT2D eigenvalue weighted by Gasteiger charge is -2.25. The Bertz CT molecular complexity index is 897. The number of amides is 1. The number of para-hydroxylation sites is 1. The Hall–Kier alpha value is -3.02. The summed E-state index contributed by atoms with van der Waals surface area (Å²) in [5.41, 5.74) is 0.930. The Morgan fingerprint density at radius 2 is 2.16 bits per heavy atom. The van der Waals surface area contributed by atoms with Gasteiger partial charge in [-0.2, -0.15) is 5.10 Å². The molecule has 1 amide bonds. The standard InChI is InChI=1S/C19H19N3O3/c1-13-6-7-14(25-13)12-22-18(8-10-20-22)21-19(23)16-9-11-24-17-5-3-2-4-15(16)17/h2-8,10,16H,9,11-12H2,1H3,(H,21,23). The van der Waals surface area contributed by atoms with Crippen LogP contribution in [0.4, 0.5) is 5.82 Å². The van der Waals surface area contributed by atoms with Gasteiger partial charge in [-0.05, 0) is 31.5 Å². The first-order valence-corrected chi connectivity index (χ1v) is 8.30. The molecule has 0 radical (unpaired) electrons. The Balaban J connectivity index is 1.52. The van der Waals surface area contributed by atoms with E-state index in [9.17, 15) is 4.79 Å². The number of furan rings is 1. The van der Waals surface area contributed by atoms with E-state index < -0.39 is 0 Å². The Morgan fingerprint density at radius 1 is 1.28 bits per heavy atom. The first kappa shape index (κ1) is 15.5. The molecule has 1 atom stereocenters. The van der Waals surface area contributed by atoms with Crippen molar-refractivity contribution < 1.29 is 13.9 Å². The molecule has 0 saturated carbocycles. The molecule has 128 valence electrons. The van der Waals surface area contributed by atoms with Gasteiger partial charge in [0.2, 0.25) is 5.91 Å². The highest BCUT2D eigenvalue weighted by molar-refractivity contribution is 5.95. The zero-order valence-electron chi connectivity index (χ0n) is 13.9. The second kappa shape index (κ2) is 6.47. The molecule has 1 N–H and O–H groups in total. The van der Waals surface area contributed by atoms with Crippen LogP contribution >= 0.6 is 0 Å². The molecule has 4 rings (SSSR count). The minimum atomic E-state index is -0.223. The Kier molecular flexibility index (Phi) is 4.01. The summed E-state index contributed by atoms with van der Waals surface area (Å²) >= 11 is 0. The van der Waals surface area contributed by atoms with Crippen molar-refractivity contribution in [2.75, 3.05) is 11.9 Å². The maximum atomic E-state index is 12.8. The van der Waals surface area contributed by atoms with Gasteiger partial charge in [-0.15, -0.1) is 0 Å². The van der Waals surface area contributed by atoms with Crippen molar-refractivity contribution >= 4 is 11.7 Å². The number of anilines is 1. The quantitative estimate of drug-likeness (QED) is 0.793. The molecule has 3 aromatic rings. The number of carbonyl (C=O) groups is 1. The number of ether oxygens (including phenoxy) is 1. The van der Waals surface area contributed by atoms with Crippen LogP contribution in [0.5, 0.6) is 5.75 Å². The molecule has 0 bridgehead atoms. The molecule has 3 heterocycles. The van der Waals surface area contributed by atoms with E-state index in [0.29, 0.717) is 25.4 Å². The lowest BCUT2D eigenvalue weighted by Crippen LogP contribution is -2.27. The summed E-state index contributed by atoms with van der Waals surface area (Å²) in [5, 5.41) is 7.27. The Labute approximate surface area is 145 Å². The van der Waals surface area contributed by atoms with E-state index in [1.54, 1.807) is 16.9 Å². The van der Waals surface area contributed by atoms with Gasteiger partial charge in [0.1, 0.15) is 29.6 Å². The molecule has 6 heteroatoms. The van der Waals surface area contributed by atoms with Crippen LogP contribution in [-0.2, 0) is 11.3 Å². The molecule has 0 aliphatic carbocycles. The van der Waals surface area contributed by atoms with Gasteiger partial charge in [0.05, 0.1) is 18.7 Å². The van der Waals surface area contributed by atoms with Crippen molar-refractivity contribution in [1.82, 2.24) is 9.78 Å². The van der Waals surface area contributed by atoms with Gasteiger partial charge in [0.15, 0.2) is 0 Å². The van der Waals surface area contributed by atoms with Gasteiger partial charge < -0.3 is 14.5 Å². The van der Waals surface area contributed by atoms with E-state index in [4.69, 9.17) is 9.15 Å². The van der Waals surface area contributed by atoms with Crippen molar-refractivity contribution in [2.45, 2.75) is 25.8 Å². The molecule has 1 aliphatic rings. The van der Waals surface area contributed by atoms with E-state index in [-0.39, 0.29) is 11.8 Å². The van der Waals surface area contributed by atoms with Crippen LogP contribution in [0.25, 0.3) is 0 Å². The van der Waals surface area contributed by atoms with Crippen molar-refractivity contribution in [3.05, 3.63) is 65.7 Å². The van der Waals surface area contributed by atoms with E-state index in [2.05, 4.69) is 10.4 Å². The fourth-order valence-corrected chi connectivity index (χ4v) is 3.11. The van der Waals surface area contributed by atoms with Crippen molar-refractivity contribution in [2.24, 2.45) is 0 Å². The minimum absolute atomic E-state index is 0.0480. The molecule has 0 spiro atoms. The van der Waals surface area contributed by atoms with Crippen molar-refractivity contribution in [3.63, 3.8) is 0 Å². The first-order chi connectivity index (χ1) is 12.2. The van der Waals surface area contributed by atoms with Crippen LogP contribution < -0.4 is 10.1 Å². The predicted octanol–water partition coefficient (Wildman–Crippen LogP) is 3.34. The lowest BCUT2D eigenvalue weighted by atomic mass is 9.92. The number of rotatable bonds is 4. The van der Waals surface area contributed by atoms with Crippen molar-refractivity contribution in [1.29, 1.82) is 0 Å². The highest BCUT2D eigenvalue weighted by Crippen LogP contribution is 2.34. The van der Waals surface area contributed by atoms with Gasteiger partial charge in [-0.1, -0.05) is 18.2 Å². The number of nitrogens with zero attached hydrogens (tertiary/aromatic N) is 2. The van der Waals surface area contributed by atoms with Gasteiger partial charge in [0.25, 0.3) is 0 Å². The molecule has 1 unspecified atom stereocenters. The zero-order chi connectivity index (χ0) is 17.2. The van der Waals surface area contributed by atoms with Gasteiger partial charge in [-0.25, -0.2) is 4.68 Å². The molecule has 25 heavy (non-hydrogen) atoms. The zero-order valence-corrected chi connectivity index (χ0v) is 13.9. The lowest BCUT2D eigenvalue weighted by molar-refractivity contribution is -0.118. The van der Waals surface area contributed by atoms with E-state index in [1.165, 1.54) is 0 Å². The topological polar surface area (TPSA) is 69.3 Å². The van der Waals surface area contributed by atoms with E-state index in [1.807, 2.05) is 43.3 Å². The summed E-state index contributed by atoms with van der Waals surface area (Å²) in [6.07, 6.45) is 2.33. The average Bonchev–Trinajstić information content (AvgIpc) is 3.23. The van der Waals surface area contributed by atoms with Gasteiger partial charge in [0, 0.05) is 11.6 Å². The maximum absolute atomic E-state index is 12.8. The number of fused-ring (bicyclic) bond motifs is 1. The summed E-state index contributed by atoms with van der Waals surface area (Å²) < 4.78 is 12.9. The molecule has 6 nitrogen and oxygen atoms in total. The first-order valence-electron chi connectivity index (χ1n) is 8.30. The third-order valence-electron chi connectivity index (χ3n) is 4.34. The van der Waals surface area contributed by atoms with E-state index >= 15 is 0 Å². The van der Waals surface area contributed by atoms with Crippen LogP contribution in [0, 0.1) is 6.92 Å². The minimum Gasteiger partial charge on any atom is -0.493 e. The van der Waals surface area contributed by atoms with Crippen LogP contribution in [0.1, 0.15) is 29.4 Å². The predicted molar refractivity (Wildman–Crippen MR) is 92.7 cm³/mol. The third-order valence-corrected chi connectivity index (χ3v) is 4.34. The number of hydrogen-bond acceptors (Lipinski definition) is 4. The number of hydrogen-bond donors (Lipinski definition) is 1. The van der Waals surface area contributed by atoms with Gasteiger partial charge >= 0.3 is 0 Å². The highest BCUT2D eigenvalue weighted by Gasteiger charge is 2.28. The molecule has 2 aromatic heterocycles. The van der Waals surface area contributed by atoms with Crippen LogP contribution in [-0.4, -0.2) is 22.3 Å². The molecular formula is C19H19N3O3. The van der Waals surface area contributed by atoms with Crippen LogP contribution in [0.3, 0.4) is 0 Å². The van der Waals surface area contributed by atoms with Crippen LogP contribution in [0.15, 0.2) is 53.1 Å². The normalized spacial score (nSPS) is 16.1. The number of aryl methyl sites for hydroxylation is 1. The van der Waals surface area contributed by atoms with Gasteiger partial charge in [-0.3, -0.25) is 4.79 Å². The third kappa shape index (κ3) is 3.15. The largest absolute Gasteiger partial charge is 0.493 e. The molecule has 1 aliphatic heterocycles. The molecular weight excluding hydrogens is 318 g/mol. The van der Waals surface area contributed by atoms with E-state index in [0.717, 1.165) is 22.8 Å². The monoisotopic (exact) mass is 337 g/mol. The maximum Gasteiger partial charge on any atom is 0.233 e. The SMILES string of the molecule is Cc1ccc(Cn2nccc2NC(=O)C2CCOc3ccccc32)o1. The number of carbonyl (C=O) groups excluding carboxylic acids is 1. The molecule has 0 saturated heterocycles. The second-order valence-electron chi connectivity index (χ2n) is 6.10.